The summed E-state index contributed by atoms with van der Waals surface area (Å²) in [5.74, 6) is 0.869. The minimum Gasteiger partial charge on any atom is -0.357 e. The van der Waals surface area contributed by atoms with Crippen LogP contribution in [0.2, 0.25) is 0 Å². The lowest BCUT2D eigenvalue weighted by Crippen LogP contribution is -2.38. The lowest BCUT2D eigenvalue weighted by atomic mass is 10.2. The fraction of sp³-hybridized carbons (Fsp3) is 0.316. The lowest BCUT2D eigenvalue weighted by molar-refractivity contribution is 0.470. The zero-order valence-electron chi connectivity index (χ0n) is 15.8. The average molecular weight is 496 g/mol. The van der Waals surface area contributed by atoms with Gasteiger partial charge in [-0.05, 0) is 31.5 Å². The summed E-state index contributed by atoms with van der Waals surface area (Å²) in [6.45, 7) is 6.24. The molecule has 0 fully saturated rings. The molecule has 1 N–H and O–H groups in total. The first-order chi connectivity index (χ1) is 12.7. The average Bonchev–Trinajstić information content (AvgIpc) is 3.31. The summed E-state index contributed by atoms with van der Waals surface area (Å²) in [6, 6.07) is 10.1. The summed E-state index contributed by atoms with van der Waals surface area (Å²) in [5, 5.41) is 10.9. The summed E-state index contributed by atoms with van der Waals surface area (Å²) in [4.78, 5) is 11.5. The van der Waals surface area contributed by atoms with Crippen LogP contribution in [0.1, 0.15) is 23.2 Å². The summed E-state index contributed by atoms with van der Waals surface area (Å²) < 4.78 is 1.87. The Labute approximate surface area is 181 Å². The lowest BCUT2D eigenvalue weighted by Gasteiger charge is -2.21. The largest absolute Gasteiger partial charge is 0.357 e. The molecule has 2 heterocycles. The van der Waals surface area contributed by atoms with E-state index in [0.29, 0.717) is 6.54 Å². The standard InChI is InChI=1S/C19H24N6S.HI/c1-4-20-19(24(3)13-17-14-26-15(2)23-17)21-12-16-8-5-6-9-18(16)25-11-7-10-22-25;/h5-11,14H,4,12-13H2,1-3H3,(H,20,21);1H. The molecule has 0 atom stereocenters. The molecule has 0 saturated heterocycles. The van der Waals surface area contributed by atoms with E-state index in [1.807, 2.05) is 43.0 Å². The van der Waals surface area contributed by atoms with Crippen molar-refractivity contribution >= 4 is 41.3 Å². The van der Waals surface area contributed by atoms with Gasteiger partial charge in [0.15, 0.2) is 5.96 Å². The Kier molecular flexibility index (Phi) is 8.23. The van der Waals surface area contributed by atoms with Crippen LogP contribution >= 0.6 is 35.3 Å². The molecule has 0 amide bonds. The van der Waals surface area contributed by atoms with E-state index >= 15 is 0 Å². The first kappa shape index (κ1) is 21.4. The van der Waals surface area contributed by atoms with Crippen molar-refractivity contribution in [2.75, 3.05) is 13.6 Å². The van der Waals surface area contributed by atoms with Gasteiger partial charge in [0.05, 0.1) is 29.5 Å². The summed E-state index contributed by atoms with van der Waals surface area (Å²) in [7, 11) is 2.04. The van der Waals surface area contributed by atoms with E-state index in [9.17, 15) is 0 Å². The molecule has 1 aromatic carbocycles. The van der Waals surface area contributed by atoms with E-state index in [4.69, 9.17) is 4.99 Å². The highest BCUT2D eigenvalue weighted by Crippen LogP contribution is 2.15. The minimum absolute atomic E-state index is 0. The molecule has 0 aliphatic carbocycles. The fourth-order valence-corrected chi connectivity index (χ4v) is 3.31. The van der Waals surface area contributed by atoms with Crippen LogP contribution in [0.15, 0.2) is 53.1 Å². The Morgan fingerprint density at radius 3 is 2.78 bits per heavy atom. The van der Waals surface area contributed by atoms with Gasteiger partial charge in [-0.25, -0.2) is 14.7 Å². The third kappa shape index (κ3) is 5.77. The normalized spacial score (nSPS) is 11.1. The Hall–Kier alpha value is -1.94. The van der Waals surface area contributed by atoms with E-state index in [2.05, 4.69) is 44.7 Å². The number of thiazole rings is 1. The van der Waals surface area contributed by atoms with Crippen molar-refractivity contribution in [3.05, 3.63) is 64.4 Å². The van der Waals surface area contributed by atoms with Crippen molar-refractivity contribution < 1.29 is 0 Å². The van der Waals surface area contributed by atoms with Gasteiger partial charge < -0.3 is 10.2 Å². The van der Waals surface area contributed by atoms with E-state index < -0.39 is 0 Å². The maximum Gasteiger partial charge on any atom is 0.194 e. The maximum atomic E-state index is 4.82. The van der Waals surface area contributed by atoms with Crippen LogP contribution in [-0.4, -0.2) is 39.2 Å². The zero-order chi connectivity index (χ0) is 18.4. The SMILES string of the molecule is CCNC(=NCc1ccccc1-n1cccn1)N(C)Cc1csc(C)n1.I. The van der Waals surface area contributed by atoms with Gasteiger partial charge in [0.2, 0.25) is 0 Å². The number of hydrogen-bond acceptors (Lipinski definition) is 4. The number of halogens is 1. The molecule has 0 spiro atoms. The van der Waals surface area contributed by atoms with Gasteiger partial charge >= 0.3 is 0 Å². The molecule has 0 aliphatic heterocycles. The second-order valence-electron chi connectivity index (χ2n) is 5.96. The highest BCUT2D eigenvalue weighted by Gasteiger charge is 2.10. The molecule has 0 aliphatic rings. The Morgan fingerprint density at radius 2 is 2.11 bits per heavy atom. The molecular formula is C19H25IN6S. The second-order valence-corrected chi connectivity index (χ2v) is 7.03. The first-order valence-corrected chi connectivity index (χ1v) is 9.53. The Bertz CT molecular complexity index is 859. The van der Waals surface area contributed by atoms with E-state index in [1.165, 1.54) is 0 Å². The van der Waals surface area contributed by atoms with Crippen LogP contribution < -0.4 is 5.32 Å². The van der Waals surface area contributed by atoms with E-state index in [0.717, 1.165) is 41.0 Å². The van der Waals surface area contributed by atoms with Crippen molar-refractivity contribution in [1.29, 1.82) is 0 Å². The minimum atomic E-state index is 0. The summed E-state index contributed by atoms with van der Waals surface area (Å²) in [5.41, 5.74) is 3.25. The molecule has 8 heteroatoms. The van der Waals surface area contributed by atoms with Crippen LogP contribution in [0.3, 0.4) is 0 Å². The van der Waals surface area contributed by atoms with Crippen LogP contribution in [0.4, 0.5) is 0 Å². The number of nitrogens with zero attached hydrogens (tertiary/aromatic N) is 5. The van der Waals surface area contributed by atoms with Crippen molar-refractivity contribution in [1.82, 2.24) is 25.0 Å². The van der Waals surface area contributed by atoms with Crippen molar-refractivity contribution in [3.63, 3.8) is 0 Å². The van der Waals surface area contributed by atoms with Gasteiger partial charge in [-0.1, -0.05) is 18.2 Å². The van der Waals surface area contributed by atoms with Crippen molar-refractivity contribution in [2.45, 2.75) is 26.9 Å². The molecule has 6 nitrogen and oxygen atoms in total. The van der Waals surface area contributed by atoms with Crippen LogP contribution in [-0.2, 0) is 13.1 Å². The van der Waals surface area contributed by atoms with Gasteiger partial charge in [0, 0.05) is 31.4 Å². The smallest absolute Gasteiger partial charge is 0.194 e. The fourth-order valence-electron chi connectivity index (χ4n) is 2.71. The number of aryl methyl sites for hydroxylation is 1. The van der Waals surface area contributed by atoms with E-state index in [1.54, 1.807) is 17.5 Å². The van der Waals surface area contributed by atoms with Gasteiger partial charge in [0.1, 0.15) is 0 Å². The summed E-state index contributed by atoms with van der Waals surface area (Å²) in [6.07, 6.45) is 3.73. The third-order valence-corrected chi connectivity index (χ3v) is 4.73. The number of guanidine groups is 1. The molecule has 27 heavy (non-hydrogen) atoms. The Morgan fingerprint density at radius 1 is 1.30 bits per heavy atom. The number of aromatic nitrogens is 3. The molecule has 2 aromatic heterocycles. The first-order valence-electron chi connectivity index (χ1n) is 8.65. The van der Waals surface area contributed by atoms with Crippen molar-refractivity contribution in [2.24, 2.45) is 4.99 Å². The highest BCUT2D eigenvalue weighted by molar-refractivity contribution is 14.0. The number of nitrogens with one attached hydrogen (secondary N) is 1. The van der Waals surface area contributed by atoms with Crippen LogP contribution in [0.5, 0.6) is 0 Å². The van der Waals surface area contributed by atoms with Crippen LogP contribution in [0.25, 0.3) is 5.69 Å². The van der Waals surface area contributed by atoms with E-state index in [-0.39, 0.29) is 24.0 Å². The summed E-state index contributed by atoms with van der Waals surface area (Å²) >= 11 is 1.67. The van der Waals surface area contributed by atoms with Crippen molar-refractivity contribution in [3.8, 4) is 5.69 Å². The maximum absolute atomic E-state index is 4.82. The molecule has 3 aromatic rings. The molecular weight excluding hydrogens is 471 g/mol. The predicted molar refractivity (Wildman–Crippen MR) is 122 cm³/mol. The third-order valence-electron chi connectivity index (χ3n) is 3.90. The van der Waals surface area contributed by atoms with Gasteiger partial charge in [-0.2, -0.15) is 5.10 Å². The monoisotopic (exact) mass is 496 g/mol. The van der Waals surface area contributed by atoms with Gasteiger partial charge in [-0.15, -0.1) is 35.3 Å². The Balaban J connectivity index is 0.00000261. The molecule has 144 valence electrons. The molecule has 0 unspecified atom stereocenters. The number of para-hydroxylation sites is 1. The molecule has 0 saturated carbocycles. The molecule has 0 bridgehead atoms. The highest BCUT2D eigenvalue weighted by atomic mass is 127. The quantitative estimate of drug-likeness (QED) is 0.320. The predicted octanol–water partition coefficient (Wildman–Crippen LogP) is 3.85. The number of aliphatic imine (C=N–C) groups is 1. The molecule has 0 radical (unpaired) electrons. The second kappa shape index (κ2) is 10.4. The van der Waals surface area contributed by atoms with Gasteiger partial charge in [-0.3, -0.25) is 0 Å². The van der Waals surface area contributed by atoms with Crippen LogP contribution in [0, 0.1) is 6.92 Å². The number of hydrogen-bond donors (Lipinski definition) is 1. The number of rotatable bonds is 6. The topological polar surface area (TPSA) is 58.3 Å². The molecule has 3 rings (SSSR count). The number of benzene rings is 1. The van der Waals surface area contributed by atoms with Gasteiger partial charge in [0.25, 0.3) is 0 Å². The zero-order valence-corrected chi connectivity index (χ0v) is 18.9.